The van der Waals surface area contributed by atoms with Crippen molar-refractivity contribution in [3.05, 3.63) is 108 Å². The molecule has 0 radical (unpaired) electrons. The van der Waals surface area contributed by atoms with E-state index < -0.39 is 42.2 Å². The van der Waals surface area contributed by atoms with Crippen molar-refractivity contribution in [1.29, 1.82) is 0 Å². The molecule has 0 spiro atoms. The first-order chi connectivity index (χ1) is 22.8. The highest BCUT2D eigenvalue weighted by atomic mass is 16.6. The van der Waals surface area contributed by atoms with Crippen molar-refractivity contribution in [2.75, 3.05) is 13.1 Å². The highest BCUT2D eigenvalue weighted by molar-refractivity contribution is 6.01. The summed E-state index contributed by atoms with van der Waals surface area (Å²) < 4.78 is 13.9. The third-order valence-electron chi connectivity index (χ3n) is 6.68. The minimum Gasteiger partial charge on any atom is -0.445 e. The molecule has 4 atom stereocenters. The Bertz CT molecular complexity index is 1380. The molecule has 1 amide bonds. The Balaban J connectivity index is 0.000000315. The van der Waals surface area contributed by atoms with Crippen LogP contribution >= 0.6 is 0 Å². The molecular weight excluding hydrogens is 624 g/mol. The van der Waals surface area contributed by atoms with Crippen LogP contribution in [0.25, 0.3) is 0 Å². The summed E-state index contributed by atoms with van der Waals surface area (Å²) in [6.45, 7) is 8.24. The van der Waals surface area contributed by atoms with Crippen LogP contribution in [0.5, 0.6) is 0 Å². The van der Waals surface area contributed by atoms with E-state index in [1.807, 2.05) is 18.2 Å². The van der Waals surface area contributed by atoms with E-state index in [-0.39, 0.29) is 23.3 Å². The van der Waals surface area contributed by atoms with Crippen molar-refractivity contribution in [3.8, 4) is 0 Å². The minimum atomic E-state index is -2.40. The van der Waals surface area contributed by atoms with E-state index in [9.17, 15) is 34.2 Å². The van der Waals surface area contributed by atoms with Gasteiger partial charge in [-0.3, -0.25) is 4.90 Å². The van der Waals surface area contributed by atoms with Crippen molar-refractivity contribution >= 4 is 30.0 Å². The van der Waals surface area contributed by atoms with E-state index in [0.717, 1.165) is 26.1 Å². The fourth-order valence-corrected chi connectivity index (χ4v) is 4.21. The van der Waals surface area contributed by atoms with E-state index >= 15 is 0 Å². The number of esters is 4. The fraction of sp³-hybridized carbons (Fsp3) is 0.343. The Hall–Kier alpha value is -4.95. The van der Waals surface area contributed by atoms with Gasteiger partial charge in [0.2, 0.25) is 0 Å². The number of amides is 1. The maximum absolute atomic E-state index is 11.7. The van der Waals surface area contributed by atoms with Crippen LogP contribution in [-0.2, 0) is 30.3 Å². The van der Waals surface area contributed by atoms with E-state index in [1.165, 1.54) is 54.1 Å². The average Bonchev–Trinajstić information content (AvgIpc) is 3.06. The number of likely N-dealkylation sites (tertiary alicyclic amines) is 1. The summed E-state index contributed by atoms with van der Waals surface area (Å²) in [7, 11) is 0. The molecule has 5 N–H and O–H groups in total. The lowest BCUT2D eigenvalue weighted by Crippen LogP contribution is -2.45. The number of primary amides is 1. The van der Waals surface area contributed by atoms with Gasteiger partial charge in [0, 0.05) is 19.2 Å². The van der Waals surface area contributed by atoms with Crippen LogP contribution in [0.3, 0.4) is 0 Å². The Morgan fingerprint density at radius 3 is 1.54 bits per heavy atom. The highest BCUT2D eigenvalue weighted by Crippen LogP contribution is 2.21. The molecule has 1 heterocycles. The zero-order valence-electron chi connectivity index (χ0n) is 27.0. The topological polar surface area (TPSA) is 203 Å². The number of hydrogen-bond donors (Lipinski definition) is 4. The zero-order valence-corrected chi connectivity index (χ0v) is 27.0. The molecule has 1 saturated heterocycles. The second-order valence-electron chi connectivity index (χ2n) is 11.1. The maximum atomic E-state index is 11.7. The highest BCUT2D eigenvalue weighted by Gasteiger charge is 2.35. The lowest BCUT2D eigenvalue weighted by Gasteiger charge is -2.36. The SMILES string of the molecule is CC(C)O.C[C@@H]1CCN(Cc2ccccc2)C[C@@H]1OC(N)=O.O=C(OC(=O)C(O)C(O)C(=O)OC(=O)c1ccccc1)c1ccccc1. The Labute approximate surface area is 278 Å². The number of benzene rings is 3. The van der Waals surface area contributed by atoms with Gasteiger partial charge in [-0.05, 0) is 62.6 Å². The van der Waals surface area contributed by atoms with Crippen LogP contribution in [-0.4, -0.2) is 87.7 Å². The molecule has 1 aliphatic heterocycles. The van der Waals surface area contributed by atoms with Gasteiger partial charge in [-0.15, -0.1) is 0 Å². The summed E-state index contributed by atoms with van der Waals surface area (Å²) in [6, 6.07) is 25.2. The number of rotatable bonds is 8. The van der Waals surface area contributed by atoms with Gasteiger partial charge in [-0.25, -0.2) is 24.0 Å². The van der Waals surface area contributed by atoms with Gasteiger partial charge in [0.1, 0.15) is 6.10 Å². The normalized spacial score (nSPS) is 16.8. The number of nitrogens with zero attached hydrogens (tertiary/aromatic N) is 1. The summed E-state index contributed by atoms with van der Waals surface area (Å²) in [5.41, 5.74) is 6.45. The van der Waals surface area contributed by atoms with Crippen molar-refractivity contribution in [2.45, 2.75) is 58.2 Å². The van der Waals surface area contributed by atoms with E-state index in [0.29, 0.717) is 5.92 Å². The molecule has 258 valence electrons. The van der Waals surface area contributed by atoms with Crippen LogP contribution in [0.4, 0.5) is 4.79 Å². The molecule has 4 rings (SSSR count). The first kappa shape index (κ1) is 39.2. The maximum Gasteiger partial charge on any atom is 0.404 e. The fourth-order valence-electron chi connectivity index (χ4n) is 4.21. The lowest BCUT2D eigenvalue weighted by atomic mass is 9.95. The number of aliphatic hydroxyl groups excluding tert-OH is 3. The first-order valence-corrected chi connectivity index (χ1v) is 15.2. The summed E-state index contributed by atoms with van der Waals surface area (Å²) in [5, 5.41) is 27.3. The number of carbonyl (C=O) groups is 5. The molecule has 0 aromatic heterocycles. The van der Waals surface area contributed by atoms with Gasteiger partial charge < -0.3 is 35.3 Å². The van der Waals surface area contributed by atoms with Gasteiger partial charge in [0.15, 0.2) is 12.2 Å². The van der Waals surface area contributed by atoms with Crippen LogP contribution in [0.2, 0.25) is 0 Å². The molecule has 3 aromatic rings. The third kappa shape index (κ3) is 14.2. The summed E-state index contributed by atoms with van der Waals surface area (Å²) in [5.74, 6) is -4.89. The molecule has 1 aliphatic rings. The van der Waals surface area contributed by atoms with Crippen molar-refractivity contribution in [3.63, 3.8) is 0 Å². The van der Waals surface area contributed by atoms with Gasteiger partial charge in [0.25, 0.3) is 0 Å². The van der Waals surface area contributed by atoms with Gasteiger partial charge in [-0.2, -0.15) is 0 Å². The van der Waals surface area contributed by atoms with Crippen LogP contribution in [0.1, 0.15) is 53.5 Å². The van der Waals surface area contributed by atoms with Crippen LogP contribution in [0, 0.1) is 5.92 Å². The predicted molar refractivity (Wildman–Crippen MR) is 173 cm³/mol. The van der Waals surface area contributed by atoms with Crippen LogP contribution in [0.15, 0.2) is 91.0 Å². The number of ether oxygens (including phenoxy) is 3. The van der Waals surface area contributed by atoms with Gasteiger partial charge in [0.05, 0.1) is 11.1 Å². The largest absolute Gasteiger partial charge is 0.445 e. The Kier molecular flexibility index (Phi) is 16.6. The minimum absolute atomic E-state index is 0.0318. The average molecular weight is 667 g/mol. The molecule has 2 unspecified atom stereocenters. The van der Waals surface area contributed by atoms with Crippen molar-refractivity contribution in [2.24, 2.45) is 11.7 Å². The van der Waals surface area contributed by atoms with E-state index in [4.69, 9.17) is 15.6 Å². The smallest absolute Gasteiger partial charge is 0.404 e. The van der Waals surface area contributed by atoms with Gasteiger partial charge >= 0.3 is 30.0 Å². The molecule has 1 fully saturated rings. The molecular formula is C35H42N2O11. The van der Waals surface area contributed by atoms with Crippen molar-refractivity contribution in [1.82, 2.24) is 4.90 Å². The standard InChI is InChI=1S/C18H14O8.C14H20N2O2.C3H8O/c19-13(17(23)25-15(21)11-7-3-1-4-8-11)14(20)18(24)26-16(22)12-9-5-2-6-10-12;1-11-7-8-16(10-13(11)18-14(15)17)9-12-5-3-2-4-6-12;1-3(2)4/h1-10,13-14,19-20H;2-6,11,13H,7-10H2,1H3,(H2,15,17);3-4H,1-2H3/t;11-,13+;/m.1./s1. The number of piperidine rings is 1. The molecule has 48 heavy (non-hydrogen) atoms. The number of nitrogens with two attached hydrogens (primary N) is 1. The molecule has 13 nitrogen and oxygen atoms in total. The number of hydrogen-bond acceptors (Lipinski definition) is 12. The lowest BCUT2D eigenvalue weighted by molar-refractivity contribution is -0.166. The van der Waals surface area contributed by atoms with Gasteiger partial charge in [-0.1, -0.05) is 73.7 Å². The first-order valence-electron chi connectivity index (χ1n) is 15.2. The van der Waals surface area contributed by atoms with Crippen molar-refractivity contribution < 1.29 is 53.5 Å². The Morgan fingerprint density at radius 1 is 0.750 bits per heavy atom. The predicted octanol–water partition coefficient (Wildman–Crippen LogP) is 2.85. The quantitative estimate of drug-likeness (QED) is 0.156. The third-order valence-corrected chi connectivity index (χ3v) is 6.68. The monoisotopic (exact) mass is 666 g/mol. The molecule has 0 saturated carbocycles. The zero-order chi connectivity index (χ0) is 35.6. The second kappa shape index (κ2) is 20.3. The van der Waals surface area contributed by atoms with E-state index in [1.54, 1.807) is 26.0 Å². The molecule has 13 heteroatoms. The molecule has 0 aliphatic carbocycles. The number of aliphatic hydroxyl groups is 3. The summed E-state index contributed by atoms with van der Waals surface area (Å²) in [6.07, 6.45) is -4.70. The summed E-state index contributed by atoms with van der Waals surface area (Å²) >= 11 is 0. The molecule has 3 aromatic carbocycles. The Morgan fingerprint density at radius 2 is 1.15 bits per heavy atom. The summed E-state index contributed by atoms with van der Waals surface area (Å²) in [4.78, 5) is 60.0. The second-order valence-corrected chi connectivity index (χ2v) is 11.1. The van der Waals surface area contributed by atoms with Crippen LogP contribution < -0.4 is 5.73 Å². The number of carbonyl (C=O) groups excluding carboxylic acids is 5. The molecule has 0 bridgehead atoms. The van der Waals surface area contributed by atoms with E-state index in [2.05, 4.69) is 33.4 Å².